The van der Waals surface area contributed by atoms with Gasteiger partial charge >= 0.3 is 6.09 Å². The minimum Gasteiger partial charge on any atom is -0.444 e. The Morgan fingerprint density at radius 3 is 2.57 bits per heavy atom. The van der Waals surface area contributed by atoms with E-state index in [2.05, 4.69) is 10.3 Å². The molecule has 3 heterocycles. The van der Waals surface area contributed by atoms with Gasteiger partial charge in [0.15, 0.2) is 0 Å². The number of rotatable bonds is 3. The molecule has 28 heavy (non-hydrogen) atoms. The van der Waals surface area contributed by atoms with Crippen LogP contribution in [-0.2, 0) is 4.74 Å². The number of aromatic nitrogens is 1. The Balaban J connectivity index is 1.60. The molecule has 0 radical (unpaired) electrons. The van der Waals surface area contributed by atoms with E-state index in [9.17, 15) is 9.59 Å². The summed E-state index contributed by atoms with van der Waals surface area (Å²) in [6.45, 7) is 8.43. The molecule has 0 aromatic carbocycles. The average molecular weight is 409 g/mol. The van der Waals surface area contributed by atoms with E-state index in [1.54, 1.807) is 12.3 Å². The third-order valence-electron chi connectivity index (χ3n) is 4.92. The first-order valence-corrected chi connectivity index (χ1v) is 10.3. The molecule has 2 fully saturated rings. The number of nitrogens with one attached hydrogen (secondary N) is 1. The van der Waals surface area contributed by atoms with Gasteiger partial charge in [0.25, 0.3) is 5.91 Å². The normalized spacial score (nSPS) is 20.2. The lowest BCUT2D eigenvalue weighted by Gasteiger charge is -2.27. The molecule has 7 nitrogen and oxygen atoms in total. The van der Waals surface area contributed by atoms with E-state index in [0.717, 1.165) is 38.9 Å². The van der Waals surface area contributed by atoms with Gasteiger partial charge in [-0.2, -0.15) is 0 Å². The van der Waals surface area contributed by atoms with Gasteiger partial charge in [-0.25, -0.2) is 9.78 Å². The fourth-order valence-electron chi connectivity index (χ4n) is 3.60. The van der Waals surface area contributed by atoms with Crippen molar-refractivity contribution in [3.63, 3.8) is 0 Å². The predicted molar refractivity (Wildman–Crippen MR) is 109 cm³/mol. The molecular weight excluding hydrogens is 380 g/mol. The minimum absolute atomic E-state index is 0.00783. The summed E-state index contributed by atoms with van der Waals surface area (Å²) >= 11 is 6.45. The predicted octanol–water partition coefficient (Wildman–Crippen LogP) is 3.46. The smallest absolute Gasteiger partial charge is 0.407 e. The Hall–Kier alpha value is -2.02. The van der Waals surface area contributed by atoms with Crippen LogP contribution in [0.4, 0.5) is 10.6 Å². The molecular formula is C20H29ClN4O3. The fourth-order valence-corrected chi connectivity index (χ4v) is 3.89. The number of amides is 2. The first kappa shape index (κ1) is 20.7. The molecule has 2 aliphatic rings. The molecule has 3 rings (SSSR count). The lowest BCUT2D eigenvalue weighted by atomic mass is 10.1. The maximum absolute atomic E-state index is 12.6. The van der Waals surface area contributed by atoms with Gasteiger partial charge in [-0.3, -0.25) is 4.79 Å². The van der Waals surface area contributed by atoms with E-state index in [1.165, 1.54) is 6.42 Å². The van der Waals surface area contributed by atoms with E-state index < -0.39 is 11.7 Å². The van der Waals surface area contributed by atoms with Gasteiger partial charge in [-0.05, 0) is 52.5 Å². The zero-order valence-corrected chi connectivity index (χ0v) is 17.6. The van der Waals surface area contributed by atoms with Crippen molar-refractivity contribution in [3.8, 4) is 0 Å². The Morgan fingerprint density at radius 1 is 1.21 bits per heavy atom. The highest BCUT2D eigenvalue weighted by molar-refractivity contribution is 6.33. The lowest BCUT2D eigenvalue weighted by Crippen LogP contribution is -2.40. The second kappa shape index (κ2) is 8.55. The molecule has 154 valence electrons. The highest BCUT2D eigenvalue weighted by Gasteiger charge is 2.28. The molecule has 2 amide bonds. The van der Waals surface area contributed by atoms with E-state index in [1.807, 2.05) is 30.6 Å². The molecule has 2 saturated heterocycles. The monoisotopic (exact) mass is 408 g/mol. The lowest BCUT2D eigenvalue weighted by molar-refractivity contribution is 0.0508. The van der Waals surface area contributed by atoms with Gasteiger partial charge < -0.3 is 19.9 Å². The summed E-state index contributed by atoms with van der Waals surface area (Å²) < 4.78 is 5.31. The number of pyridine rings is 1. The summed E-state index contributed by atoms with van der Waals surface area (Å²) in [5.74, 6) is 0.636. The van der Waals surface area contributed by atoms with Crippen molar-refractivity contribution in [2.24, 2.45) is 0 Å². The van der Waals surface area contributed by atoms with Crippen LogP contribution in [0, 0.1) is 0 Å². The van der Waals surface area contributed by atoms with Crippen LogP contribution in [0.3, 0.4) is 0 Å². The van der Waals surface area contributed by atoms with E-state index >= 15 is 0 Å². The molecule has 8 heteroatoms. The number of nitrogens with zero attached hydrogens (tertiary/aromatic N) is 3. The first-order valence-electron chi connectivity index (χ1n) is 9.92. The number of ether oxygens (including phenoxy) is 1. The topological polar surface area (TPSA) is 74.8 Å². The third kappa shape index (κ3) is 5.28. The first-order chi connectivity index (χ1) is 13.2. The molecule has 1 aromatic rings. The van der Waals surface area contributed by atoms with Crippen molar-refractivity contribution in [3.05, 3.63) is 22.8 Å². The number of halogens is 1. The van der Waals surface area contributed by atoms with Crippen molar-refractivity contribution < 1.29 is 14.3 Å². The van der Waals surface area contributed by atoms with Crippen LogP contribution in [0.15, 0.2) is 12.3 Å². The molecule has 1 atom stereocenters. The number of hydrogen-bond acceptors (Lipinski definition) is 5. The molecule has 0 bridgehead atoms. The molecule has 2 aliphatic heterocycles. The van der Waals surface area contributed by atoms with Crippen molar-refractivity contribution in [1.82, 2.24) is 15.2 Å². The average Bonchev–Trinajstić information content (AvgIpc) is 3.08. The largest absolute Gasteiger partial charge is 0.444 e. The van der Waals surface area contributed by atoms with Gasteiger partial charge in [-0.1, -0.05) is 11.6 Å². The number of hydrogen-bond donors (Lipinski definition) is 1. The number of anilines is 1. The SMILES string of the molecule is CC(C)(C)OC(=O)N[C@H]1CCN(c2ncc(C(=O)N3CCCCC3)cc2Cl)C1. The summed E-state index contributed by atoms with van der Waals surface area (Å²) in [5.41, 5.74) is 0.00234. The number of carbonyl (C=O) groups is 2. The number of carbonyl (C=O) groups excluding carboxylic acids is 2. The van der Waals surface area contributed by atoms with Gasteiger partial charge in [0.05, 0.1) is 16.6 Å². The van der Waals surface area contributed by atoms with Crippen LogP contribution < -0.4 is 10.2 Å². The van der Waals surface area contributed by atoms with Crippen molar-refractivity contribution >= 4 is 29.4 Å². The molecule has 0 spiro atoms. The van der Waals surface area contributed by atoms with E-state index in [0.29, 0.717) is 22.9 Å². The van der Waals surface area contributed by atoms with Crippen LogP contribution in [0.1, 0.15) is 56.8 Å². The Labute approximate surface area is 171 Å². The Bertz CT molecular complexity index is 729. The summed E-state index contributed by atoms with van der Waals surface area (Å²) in [5, 5.41) is 3.35. The second-order valence-electron chi connectivity index (χ2n) is 8.46. The van der Waals surface area contributed by atoms with Crippen molar-refractivity contribution in [2.75, 3.05) is 31.1 Å². The summed E-state index contributed by atoms with van der Waals surface area (Å²) in [6.07, 6.45) is 5.24. The fraction of sp³-hybridized carbons (Fsp3) is 0.650. The maximum Gasteiger partial charge on any atom is 0.407 e. The van der Waals surface area contributed by atoms with Gasteiger partial charge in [-0.15, -0.1) is 0 Å². The van der Waals surface area contributed by atoms with Crippen LogP contribution >= 0.6 is 11.6 Å². The maximum atomic E-state index is 12.6. The third-order valence-corrected chi connectivity index (χ3v) is 5.20. The van der Waals surface area contributed by atoms with Gasteiger partial charge in [0.1, 0.15) is 11.4 Å². The number of likely N-dealkylation sites (tertiary alicyclic amines) is 1. The van der Waals surface area contributed by atoms with Crippen molar-refractivity contribution in [1.29, 1.82) is 0 Å². The summed E-state index contributed by atoms with van der Waals surface area (Å²) in [7, 11) is 0. The second-order valence-corrected chi connectivity index (χ2v) is 8.87. The highest BCUT2D eigenvalue weighted by atomic mass is 35.5. The highest BCUT2D eigenvalue weighted by Crippen LogP contribution is 2.28. The zero-order chi connectivity index (χ0) is 20.3. The van der Waals surface area contributed by atoms with E-state index in [4.69, 9.17) is 16.3 Å². The van der Waals surface area contributed by atoms with E-state index in [-0.39, 0.29) is 11.9 Å². The quantitative estimate of drug-likeness (QED) is 0.828. The zero-order valence-electron chi connectivity index (χ0n) is 16.8. The molecule has 0 aliphatic carbocycles. The van der Waals surface area contributed by atoms with Crippen LogP contribution in [-0.4, -0.2) is 59.7 Å². The number of alkyl carbamates (subject to hydrolysis) is 1. The Morgan fingerprint density at radius 2 is 1.93 bits per heavy atom. The van der Waals surface area contributed by atoms with Crippen LogP contribution in [0.25, 0.3) is 0 Å². The summed E-state index contributed by atoms with van der Waals surface area (Å²) in [6, 6.07) is 1.68. The number of piperidine rings is 1. The van der Waals surface area contributed by atoms with Crippen LogP contribution in [0.2, 0.25) is 5.02 Å². The molecule has 0 unspecified atom stereocenters. The standard InChI is InChI=1S/C20H29ClN4O3/c1-20(2,3)28-19(27)23-15-7-10-25(13-15)17-16(21)11-14(12-22-17)18(26)24-8-5-4-6-9-24/h11-12,15H,4-10,13H2,1-3H3,(H,23,27)/t15-/m0/s1. The van der Waals surface area contributed by atoms with Gasteiger partial charge in [0.2, 0.25) is 0 Å². The molecule has 1 N–H and O–H groups in total. The summed E-state index contributed by atoms with van der Waals surface area (Å²) in [4.78, 5) is 32.9. The van der Waals surface area contributed by atoms with Crippen LogP contribution in [0.5, 0.6) is 0 Å². The Kier molecular flexibility index (Phi) is 6.33. The minimum atomic E-state index is -0.524. The molecule has 0 saturated carbocycles. The molecule has 1 aromatic heterocycles. The van der Waals surface area contributed by atoms with Gasteiger partial charge in [0, 0.05) is 32.4 Å². The van der Waals surface area contributed by atoms with Crippen molar-refractivity contribution in [2.45, 2.75) is 58.1 Å².